The van der Waals surface area contributed by atoms with Gasteiger partial charge in [-0.2, -0.15) is 0 Å². The predicted molar refractivity (Wildman–Crippen MR) is 67.2 cm³/mol. The summed E-state index contributed by atoms with van der Waals surface area (Å²) in [6, 6.07) is 0. The SMILES string of the molecule is O=C(O)[C@H]1CCCN(C(=O)CCC2CCNC2)C1. The molecule has 2 saturated heterocycles. The standard InChI is InChI=1S/C13H22N2O3/c16-12(4-3-10-5-6-14-8-10)15-7-1-2-11(9-15)13(17)18/h10-11,14H,1-9H2,(H,17,18)/t10?,11-/m0/s1. The third-order valence-electron chi connectivity index (χ3n) is 4.05. The van der Waals surface area contributed by atoms with Gasteiger partial charge in [-0.3, -0.25) is 9.59 Å². The fourth-order valence-electron chi connectivity index (χ4n) is 2.85. The van der Waals surface area contributed by atoms with E-state index in [9.17, 15) is 9.59 Å². The number of hydrogen-bond acceptors (Lipinski definition) is 3. The number of carbonyl (C=O) groups is 2. The van der Waals surface area contributed by atoms with Gasteiger partial charge in [0.25, 0.3) is 0 Å². The number of carboxylic acid groups (broad SMARTS) is 1. The Hall–Kier alpha value is -1.10. The van der Waals surface area contributed by atoms with Gasteiger partial charge in [-0.1, -0.05) is 0 Å². The average molecular weight is 254 g/mol. The normalized spacial score (nSPS) is 28.3. The van der Waals surface area contributed by atoms with Crippen LogP contribution in [0.1, 0.15) is 32.1 Å². The van der Waals surface area contributed by atoms with Gasteiger partial charge in [-0.25, -0.2) is 0 Å². The van der Waals surface area contributed by atoms with Crippen molar-refractivity contribution in [2.24, 2.45) is 11.8 Å². The van der Waals surface area contributed by atoms with Crippen LogP contribution >= 0.6 is 0 Å². The molecule has 1 amide bonds. The van der Waals surface area contributed by atoms with Gasteiger partial charge in [-0.15, -0.1) is 0 Å². The molecule has 5 heteroatoms. The lowest BCUT2D eigenvalue weighted by Gasteiger charge is -2.31. The molecule has 2 rings (SSSR count). The van der Waals surface area contributed by atoms with Crippen molar-refractivity contribution >= 4 is 11.9 Å². The maximum Gasteiger partial charge on any atom is 0.308 e. The lowest BCUT2D eigenvalue weighted by atomic mass is 9.97. The van der Waals surface area contributed by atoms with Crippen molar-refractivity contribution in [1.29, 1.82) is 0 Å². The molecule has 2 N–H and O–H groups in total. The van der Waals surface area contributed by atoms with Crippen LogP contribution in [0.4, 0.5) is 0 Å². The molecule has 2 fully saturated rings. The van der Waals surface area contributed by atoms with Crippen LogP contribution in [0.15, 0.2) is 0 Å². The lowest BCUT2D eigenvalue weighted by molar-refractivity contribution is -0.145. The predicted octanol–water partition coefficient (Wildman–Crippen LogP) is 0.699. The van der Waals surface area contributed by atoms with E-state index in [-0.39, 0.29) is 11.8 Å². The summed E-state index contributed by atoms with van der Waals surface area (Å²) in [5, 5.41) is 12.3. The number of carboxylic acids is 1. The lowest BCUT2D eigenvalue weighted by Crippen LogP contribution is -2.42. The molecule has 0 radical (unpaired) electrons. The highest BCUT2D eigenvalue weighted by molar-refractivity contribution is 5.78. The average Bonchev–Trinajstić information content (AvgIpc) is 2.89. The Kier molecular flexibility index (Phi) is 4.58. The number of piperidine rings is 1. The minimum Gasteiger partial charge on any atom is -0.481 e. The van der Waals surface area contributed by atoms with E-state index in [1.165, 1.54) is 0 Å². The molecule has 102 valence electrons. The number of nitrogens with zero attached hydrogens (tertiary/aromatic N) is 1. The van der Waals surface area contributed by atoms with Crippen LogP contribution in [-0.2, 0) is 9.59 Å². The summed E-state index contributed by atoms with van der Waals surface area (Å²) in [4.78, 5) is 24.7. The fraction of sp³-hybridized carbons (Fsp3) is 0.846. The van der Waals surface area contributed by atoms with Crippen LogP contribution in [0.3, 0.4) is 0 Å². The summed E-state index contributed by atoms with van der Waals surface area (Å²) in [6.07, 6.45) is 4.17. The van der Waals surface area contributed by atoms with Gasteiger partial charge in [0.2, 0.25) is 5.91 Å². The van der Waals surface area contributed by atoms with Crippen molar-refractivity contribution in [3.8, 4) is 0 Å². The Bertz CT molecular complexity index is 313. The maximum absolute atomic E-state index is 12.0. The topological polar surface area (TPSA) is 69.6 Å². The quantitative estimate of drug-likeness (QED) is 0.775. The first kappa shape index (κ1) is 13.3. The Morgan fingerprint density at radius 3 is 2.83 bits per heavy atom. The number of rotatable bonds is 4. The van der Waals surface area contributed by atoms with Crippen molar-refractivity contribution in [3.63, 3.8) is 0 Å². The summed E-state index contributed by atoms with van der Waals surface area (Å²) in [7, 11) is 0. The monoisotopic (exact) mass is 254 g/mol. The van der Waals surface area contributed by atoms with E-state index in [4.69, 9.17) is 5.11 Å². The van der Waals surface area contributed by atoms with E-state index in [0.29, 0.717) is 25.3 Å². The molecular weight excluding hydrogens is 232 g/mol. The maximum atomic E-state index is 12.0. The molecule has 2 aliphatic rings. The molecule has 1 unspecified atom stereocenters. The molecule has 0 spiro atoms. The number of hydrogen-bond donors (Lipinski definition) is 2. The van der Waals surface area contributed by atoms with E-state index < -0.39 is 5.97 Å². The van der Waals surface area contributed by atoms with Gasteiger partial charge in [0, 0.05) is 19.5 Å². The molecule has 0 aromatic carbocycles. The number of carbonyl (C=O) groups excluding carboxylic acids is 1. The first-order chi connectivity index (χ1) is 8.66. The highest BCUT2D eigenvalue weighted by atomic mass is 16.4. The molecule has 2 heterocycles. The van der Waals surface area contributed by atoms with E-state index in [0.717, 1.165) is 38.9 Å². The second kappa shape index (κ2) is 6.18. The molecule has 18 heavy (non-hydrogen) atoms. The Labute approximate surface area is 108 Å². The summed E-state index contributed by atoms with van der Waals surface area (Å²) < 4.78 is 0. The summed E-state index contributed by atoms with van der Waals surface area (Å²) in [5.41, 5.74) is 0. The van der Waals surface area contributed by atoms with Crippen LogP contribution in [0.25, 0.3) is 0 Å². The smallest absolute Gasteiger partial charge is 0.308 e. The van der Waals surface area contributed by atoms with Crippen molar-refractivity contribution in [2.75, 3.05) is 26.2 Å². The minimum atomic E-state index is -0.771. The van der Waals surface area contributed by atoms with Gasteiger partial charge >= 0.3 is 5.97 Å². The van der Waals surface area contributed by atoms with Crippen LogP contribution in [0, 0.1) is 11.8 Å². The highest BCUT2D eigenvalue weighted by Gasteiger charge is 2.28. The Morgan fingerprint density at radius 1 is 1.33 bits per heavy atom. The van der Waals surface area contributed by atoms with Gasteiger partial charge in [0.05, 0.1) is 5.92 Å². The van der Waals surface area contributed by atoms with Gasteiger partial charge < -0.3 is 15.3 Å². The number of amides is 1. The Balaban J connectivity index is 1.75. The molecule has 0 aromatic rings. The second-order valence-corrected chi connectivity index (χ2v) is 5.41. The third-order valence-corrected chi connectivity index (χ3v) is 4.05. The molecule has 0 aromatic heterocycles. The molecule has 0 saturated carbocycles. The minimum absolute atomic E-state index is 0.132. The van der Waals surface area contributed by atoms with Crippen LogP contribution in [-0.4, -0.2) is 48.1 Å². The summed E-state index contributed by atoms with van der Waals surface area (Å²) >= 11 is 0. The number of likely N-dealkylation sites (tertiary alicyclic amines) is 1. The first-order valence-electron chi connectivity index (χ1n) is 6.88. The second-order valence-electron chi connectivity index (χ2n) is 5.41. The fourth-order valence-corrected chi connectivity index (χ4v) is 2.85. The van der Waals surface area contributed by atoms with Gasteiger partial charge in [0.15, 0.2) is 0 Å². The van der Waals surface area contributed by atoms with Gasteiger partial charge in [0.1, 0.15) is 0 Å². The zero-order valence-electron chi connectivity index (χ0n) is 10.7. The van der Waals surface area contributed by atoms with E-state index in [2.05, 4.69) is 5.32 Å². The largest absolute Gasteiger partial charge is 0.481 e. The van der Waals surface area contributed by atoms with Crippen LogP contribution in [0.5, 0.6) is 0 Å². The van der Waals surface area contributed by atoms with Crippen molar-refractivity contribution in [2.45, 2.75) is 32.1 Å². The third kappa shape index (κ3) is 3.45. The molecule has 2 atom stereocenters. The van der Waals surface area contributed by atoms with Crippen molar-refractivity contribution in [1.82, 2.24) is 10.2 Å². The van der Waals surface area contributed by atoms with Crippen molar-refractivity contribution < 1.29 is 14.7 Å². The summed E-state index contributed by atoms with van der Waals surface area (Å²) in [5.74, 6) is -0.384. The first-order valence-corrected chi connectivity index (χ1v) is 6.88. The van der Waals surface area contributed by atoms with Crippen LogP contribution in [0.2, 0.25) is 0 Å². The van der Waals surface area contributed by atoms with Crippen molar-refractivity contribution in [3.05, 3.63) is 0 Å². The number of aliphatic carboxylic acids is 1. The summed E-state index contributed by atoms with van der Waals surface area (Å²) in [6.45, 7) is 3.21. The molecule has 5 nitrogen and oxygen atoms in total. The zero-order chi connectivity index (χ0) is 13.0. The van der Waals surface area contributed by atoms with E-state index >= 15 is 0 Å². The molecular formula is C13H22N2O3. The van der Waals surface area contributed by atoms with Gasteiger partial charge in [-0.05, 0) is 44.7 Å². The molecule has 0 aliphatic carbocycles. The highest BCUT2D eigenvalue weighted by Crippen LogP contribution is 2.20. The molecule has 0 bridgehead atoms. The van der Waals surface area contributed by atoms with E-state index in [1.54, 1.807) is 4.90 Å². The molecule has 2 aliphatic heterocycles. The zero-order valence-corrected chi connectivity index (χ0v) is 10.7. The van der Waals surface area contributed by atoms with E-state index in [1.807, 2.05) is 0 Å². The number of nitrogens with one attached hydrogen (secondary N) is 1. The Morgan fingerprint density at radius 2 is 2.17 bits per heavy atom. The van der Waals surface area contributed by atoms with Crippen LogP contribution < -0.4 is 5.32 Å².